The van der Waals surface area contributed by atoms with Gasteiger partial charge in [0.15, 0.2) is 0 Å². The molecule has 2 aliphatic heterocycles. The lowest BCUT2D eigenvalue weighted by Crippen LogP contribution is -2.61. The highest BCUT2D eigenvalue weighted by Gasteiger charge is 2.50. The van der Waals surface area contributed by atoms with Crippen LogP contribution in [0.15, 0.2) is 48.5 Å². The van der Waals surface area contributed by atoms with Crippen molar-refractivity contribution < 1.29 is 47.0 Å². The summed E-state index contributed by atoms with van der Waals surface area (Å²) in [6.07, 6.45) is 1.35. The summed E-state index contributed by atoms with van der Waals surface area (Å²) < 4.78 is 45.2. The molecular formula is C30H34F2N5O8P. The van der Waals surface area contributed by atoms with Gasteiger partial charge in [0.2, 0.25) is 17.7 Å². The highest BCUT2D eigenvalue weighted by atomic mass is 31.2. The number of nitrogens with one attached hydrogen (secondary N) is 2. The number of ether oxygens (including phenoxy) is 1. The first-order valence-corrected chi connectivity index (χ1v) is 16.1. The predicted octanol–water partition coefficient (Wildman–Crippen LogP) is 2.78. The Kier molecular flexibility index (Phi) is 8.95. The number of methoxy groups -OCH3 is 1. The molecule has 3 aromatic rings. The van der Waals surface area contributed by atoms with Gasteiger partial charge in [0.25, 0.3) is 5.91 Å². The molecule has 13 nitrogen and oxygen atoms in total. The Balaban J connectivity index is 1.41. The smallest absolute Gasteiger partial charge is 0.399 e. The van der Waals surface area contributed by atoms with Gasteiger partial charge < -0.3 is 39.5 Å². The van der Waals surface area contributed by atoms with E-state index in [0.717, 1.165) is 18.2 Å². The Bertz CT molecular complexity index is 1740. The van der Waals surface area contributed by atoms with Gasteiger partial charge in [-0.25, -0.2) is 0 Å². The number of nitrogens with zero attached hydrogens (tertiary/aromatic N) is 3. The molecule has 3 atom stereocenters. The average molecular weight is 662 g/mol. The summed E-state index contributed by atoms with van der Waals surface area (Å²) in [5.41, 5.74) is -4.68. The number of alkyl halides is 2. The molecular weight excluding hydrogens is 627 g/mol. The molecule has 16 heteroatoms. The number of benzene rings is 2. The van der Waals surface area contributed by atoms with E-state index in [2.05, 4.69) is 10.3 Å². The highest BCUT2D eigenvalue weighted by molar-refractivity contribution is 7.52. The van der Waals surface area contributed by atoms with Gasteiger partial charge in [0.05, 0.1) is 7.11 Å². The number of rotatable bonds is 7. The molecule has 2 fully saturated rings. The van der Waals surface area contributed by atoms with Crippen LogP contribution in [0.5, 0.6) is 5.75 Å². The number of H-pyrrole nitrogens is 1. The Morgan fingerprint density at radius 3 is 2.52 bits per heavy atom. The van der Waals surface area contributed by atoms with E-state index < -0.39 is 42.7 Å². The zero-order valence-electron chi connectivity index (χ0n) is 25.3. The molecule has 2 aromatic carbocycles. The maximum absolute atomic E-state index is 14.3. The summed E-state index contributed by atoms with van der Waals surface area (Å²) in [4.78, 5) is 79.1. The van der Waals surface area contributed by atoms with Crippen LogP contribution in [0.25, 0.3) is 10.9 Å². The van der Waals surface area contributed by atoms with Gasteiger partial charge in [0.1, 0.15) is 23.5 Å². The fourth-order valence-electron chi connectivity index (χ4n) is 6.03. The number of aromatic nitrogens is 1. The molecule has 46 heavy (non-hydrogen) atoms. The van der Waals surface area contributed by atoms with Crippen LogP contribution in [-0.2, 0) is 24.6 Å². The molecule has 5 rings (SSSR count). The molecule has 2 saturated heterocycles. The Hall–Kier alpha value is -4.33. The van der Waals surface area contributed by atoms with Gasteiger partial charge in [-0.05, 0) is 49.6 Å². The lowest BCUT2D eigenvalue weighted by atomic mass is 10.1. The highest BCUT2D eigenvalue weighted by Crippen LogP contribution is 2.59. The third-order valence-corrected chi connectivity index (χ3v) is 9.57. The number of aromatic amines is 1. The van der Waals surface area contributed by atoms with E-state index in [4.69, 9.17) is 14.5 Å². The van der Waals surface area contributed by atoms with E-state index in [0.29, 0.717) is 37.2 Å². The maximum Gasteiger partial charge on any atom is 0.399 e. The maximum atomic E-state index is 14.3. The predicted molar refractivity (Wildman–Crippen MR) is 162 cm³/mol. The molecule has 4 amide bonds. The normalized spacial score (nSPS) is 20.6. The molecule has 0 saturated carbocycles. The van der Waals surface area contributed by atoms with Crippen LogP contribution >= 0.6 is 7.60 Å². The van der Waals surface area contributed by atoms with E-state index in [1.807, 2.05) is 0 Å². The van der Waals surface area contributed by atoms with Crippen molar-refractivity contribution in [1.82, 2.24) is 20.1 Å². The van der Waals surface area contributed by atoms with Gasteiger partial charge in [0, 0.05) is 61.3 Å². The van der Waals surface area contributed by atoms with Crippen molar-refractivity contribution in [3.05, 3.63) is 59.8 Å². The van der Waals surface area contributed by atoms with E-state index in [1.165, 1.54) is 34.8 Å². The Morgan fingerprint density at radius 1 is 1.11 bits per heavy atom. The first kappa shape index (κ1) is 33.0. The standard InChI is InChI=1S/C30H34F2N5O8P/c1-17(38)36-12-11-20-8-10-26(29(41)35(2)21-5-4-6-22(15-21)45-3)37(20)28(40)25(16-36)34-27(39)24-14-18-13-19(7-9-23(18)33-24)30(31,32)46(42,43)44/h4-7,9,13-15,20,25-26,33H,8,10-12,16H2,1-3H3,(H,34,39)(H2,42,43,44)/t20-,25?,26+/m1/s1. The number of likely N-dealkylation sites (N-methyl/N-ethyl adjacent to an activating group) is 1. The zero-order valence-corrected chi connectivity index (χ0v) is 26.2. The van der Waals surface area contributed by atoms with Crippen molar-refractivity contribution in [3.8, 4) is 5.75 Å². The molecule has 1 aromatic heterocycles. The Labute approximate surface area is 262 Å². The van der Waals surface area contributed by atoms with Gasteiger partial charge in [-0.15, -0.1) is 0 Å². The number of anilines is 1. The lowest BCUT2D eigenvalue weighted by molar-refractivity contribution is -0.144. The van der Waals surface area contributed by atoms with E-state index in [1.54, 1.807) is 31.3 Å². The number of hydrogen-bond acceptors (Lipinski definition) is 6. The summed E-state index contributed by atoms with van der Waals surface area (Å²) in [7, 11) is -2.70. The van der Waals surface area contributed by atoms with Gasteiger partial charge in [-0.2, -0.15) is 8.78 Å². The van der Waals surface area contributed by atoms with Crippen LogP contribution in [0.2, 0.25) is 0 Å². The number of fused-ring (bicyclic) bond motifs is 2. The first-order valence-electron chi connectivity index (χ1n) is 14.5. The molecule has 246 valence electrons. The summed E-state index contributed by atoms with van der Waals surface area (Å²) in [6.45, 7) is 1.50. The number of carbonyl (C=O) groups is 4. The lowest BCUT2D eigenvalue weighted by Gasteiger charge is -2.39. The minimum absolute atomic E-state index is 0.0796. The van der Waals surface area contributed by atoms with Crippen molar-refractivity contribution in [1.29, 1.82) is 0 Å². The fraction of sp³-hybridized carbons (Fsp3) is 0.400. The van der Waals surface area contributed by atoms with Crippen LogP contribution in [0, 0.1) is 0 Å². The van der Waals surface area contributed by atoms with Gasteiger partial charge in [-0.1, -0.05) is 12.1 Å². The topological polar surface area (TPSA) is 173 Å². The largest absolute Gasteiger partial charge is 0.497 e. The van der Waals surface area contributed by atoms with Crippen molar-refractivity contribution in [3.63, 3.8) is 0 Å². The quantitative estimate of drug-likeness (QED) is 0.280. The van der Waals surface area contributed by atoms with Crippen LogP contribution in [-0.4, -0.2) is 93.6 Å². The molecule has 2 aliphatic rings. The van der Waals surface area contributed by atoms with Crippen LogP contribution in [0.1, 0.15) is 42.2 Å². The van der Waals surface area contributed by atoms with Gasteiger partial charge >= 0.3 is 13.3 Å². The third-order valence-electron chi connectivity index (χ3n) is 8.58. The Morgan fingerprint density at radius 2 is 1.85 bits per heavy atom. The molecule has 4 N–H and O–H groups in total. The first-order chi connectivity index (χ1) is 21.6. The van der Waals surface area contributed by atoms with E-state index in [9.17, 15) is 32.5 Å². The van der Waals surface area contributed by atoms with Crippen molar-refractivity contribution in [2.45, 2.75) is 50.0 Å². The number of hydrogen-bond donors (Lipinski definition) is 4. The van der Waals surface area contributed by atoms with E-state index in [-0.39, 0.29) is 41.0 Å². The molecule has 0 radical (unpaired) electrons. The van der Waals surface area contributed by atoms with Crippen LogP contribution in [0.4, 0.5) is 14.5 Å². The summed E-state index contributed by atoms with van der Waals surface area (Å²) in [5.74, 6) is -1.39. The summed E-state index contributed by atoms with van der Waals surface area (Å²) >= 11 is 0. The van der Waals surface area contributed by atoms with Crippen molar-refractivity contribution in [2.24, 2.45) is 0 Å². The molecule has 0 aliphatic carbocycles. The second-order valence-electron chi connectivity index (χ2n) is 11.4. The van der Waals surface area contributed by atoms with Crippen molar-refractivity contribution in [2.75, 3.05) is 32.1 Å². The number of halogens is 2. The monoisotopic (exact) mass is 661 g/mol. The molecule has 0 spiro atoms. The molecule has 0 bridgehead atoms. The number of carbonyl (C=O) groups excluding carboxylic acids is 4. The SMILES string of the molecule is COc1cccc(N(C)C(=O)[C@@H]2CC[C@@H]3CCN(C(C)=O)CC(NC(=O)c4cc5cc(C(F)(F)P(=O)(O)O)ccc5[nH]4)C(=O)N32)c1. The second-order valence-corrected chi connectivity index (χ2v) is 13.1. The summed E-state index contributed by atoms with van der Waals surface area (Å²) in [5, 5.41) is 2.73. The van der Waals surface area contributed by atoms with Gasteiger partial charge in [-0.3, -0.25) is 23.7 Å². The average Bonchev–Trinajstić information content (AvgIpc) is 3.64. The van der Waals surface area contributed by atoms with Crippen molar-refractivity contribution >= 4 is 47.8 Å². The van der Waals surface area contributed by atoms with Crippen LogP contribution < -0.4 is 15.0 Å². The van der Waals surface area contributed by atoms with Crippen LogP contribution in [0.3, 0.4) is 0 Å². The minimum atomic E-state index is -5.81. The molecule has 1 unspecified atom stereocenters. The summed E-state index contributed by atoms with van der Waals surface area (Å²) in [6, 6.07) is 8.59. The third kappa shape index (κ3) is 6.22. The minimum Gasteiger partial charge on any atom is -0.497 e. The fourth-order valence-corrected chi connectivity index (χ4v) is 6.50. The second kappa shape index (κ2) is 12.5. The number of amides is 4. The molecule has 3 heterocycles. The van der Waals surface area contributed by atoms with E-state index >= 15 is 0 Å². The zero-order chi connectivity index (χ0) is 33.6.